The van der Waals surface area contributed by atoms with Crippen LogP contribution in [0.25, 0.3) is 0 Å². The van der Waals surface area contributed by atoms with Gasteiger partial charge in [-0.05, 0) is 19.3 Å². The monoisotopic (exact) mass is 198 g/mol. The van der Waals surface area contributed by atoms with Crippen LogP contribution in [0.5, 0.6) is 0 Å². The molecular formula is C9H14N2O3. The fraction of sp³-hybridized carbons (Fsp3) is 0.778. The summed E-state index contributed by atoms with van der Waals surface area (Å²) < 4.78 is 10.1. The van der Waals surface area contributed by atoms with Crippen molar-refractivity contribution in [2.75, 3.05) is 13.2 Å². The highest BCUT2D eigenvalue weighted by molar-refractivity contribution is 4.90. The van der Waals surface area contributed by atoms with Crippen LogP contribution in [-0.4, -0.2) is 28.5 Å². The first-order chi connectivity index (χ1) is 6.75. The molecule has 1 aliphatic rings. The van der Waals surface area contributed by atoms with E-state index in [1.807, 2.05) is 0 Å². The smallest absolute Gasteiger partial charge is 0.255 e. The second kappa shape index (κ2) is 4.06. The molecular weight excluding hydrogens is 184 g/mol. The SMILES string of the molecule is C[C@H](O)c1nc(CC2CCOC2)no1. The van der Waals surface area contributed by atoms with Crippen molar-refractivity contribution in [1.29, 1.82) is 0 Å². The van der Waals surface area contributed by atoms with Gasteiger partial charge in [-0.2, -0.15) is 4.98 Å². The Balaban J connectivity index is 1.95. The molecule has 78 valence electrons. The van der Waals surface area contributed by atoms with Gasteiger partial charge < -0.3 is 14.4 Å². The quantitative estimate of drug-likeness (QED) is 0.774. The van der Waals surface area contributed by atoms with Crippen LogP contribution in [0.4, 0.5) is 0 Å². The summed E-state index contributed by atoms with van der Waals surface area (Å²) in [5, 5.41) is 13.0. The van der Waals surface area contributed by atoms with Gasteiger partial charge in [0.15, 0.2) is 5.82 Å². The molecule has 1 saturated heterocycles. The van der Waals surface area contributed by atoms with E-state index in [4.69, 9.17) is 9.26 Å². The molecule has 1 aromatic heterocycles. The third-order valence-corrected chi connectivity index (χ3v) is 2.34. The molecule has 1 N–H and O–H groups in total. The second-order valence-corrected chi connectivity index (χ2v) is 3.66. The number of hydrogen-bond acceptors (Lipinski definition) is 5. The van der Waals surface area contributed by atoms with Crippen LogP contribution in [0, 0.1) is 5.92 Å². The fourth-order valence-corrected chi connectivity index (χ4v) is 1.52. The number of aliphatic hydroxyl groups is 1. The van der Waals surface area contributed by atoms with E-state index in [-0.39, 0.29) is 0 Å². The third kappa shape index (κ3) is 2.10. The predicted octanol–water partition coefficient (Wildman–Crippen LogP) is 0.702. The number of nitrogens with zero attached hydrogens (tertiary/aromatic N) is 2. The molecule has 0 saturated carbocycles. The maximum Gasteiger partial charge on any atom is 0.255 e. The average molecular weight is 198 g/mol. The van der Waals surface area contributed by atoms with Crippen molar-refractivity contribution >= 4 is 0 Å². The predicted molar refractivity (Wildman–Crippen MR) is 47.6 cm³/mol. The van der Waals surface area contributed by atoms with Crippen molar-refractivity contribution in [2.45, 2.75) is 25.9 Å². The Bertz CT molecular complexity index is 292. The normalized spacial score (nSPS) is 24.0. The molecule has 2 atom stereocenters. The molecule has 0 amide bonds. The zero-order valence-electron chi connectivity index (χ0n) is 8.14. The van der Waals surface area contributed by atoms with Crippen LogP contribution in [-0.2, 0) is 11.2 Å². The van der Waals surface area contributed by atoms with E-state index in [1.165, 1.54) is 0 Å². The minimum absolute atomic E-state index is 0.291. The van der Waals surface area contributed by atoms with Crippen molar-refractivity contribution in [1.82, 2.24) is 10.1 Å². The highest BCUT2D eigenvalue weighted by atomic mass is 16.5. The van der Waals surface area contributed by atoms with Gasteiger partial charge in [-0.15, -0.1) is 0 Å². The molecule has 1 aliphatic heterocycles. The number of aromatic nitrogens is 2. The minimum atomic E-state index is -0.684. The van der Waals surface area contributed by atoms with Crippen LogP contribution >= 0.6 is 0 Å². The first-order valence-corrected chi connectivity index (χ1v) is 4.84. The molecule has 0 bridgehead atoms. The highest BCUT2D eigenvalue weighted by Crippen LogP contribution is 2.17. The molecule has 0 radical (unpaired) electrons. The zero-order chi connectivity index (χ0) is 9.97. The second-order valence-electron chi connectivity index (χ2n) is 3.66. The van der Waals surface area contributed by atoms with Crippen molar-refractivity contribution < 1.29 is 14.4 Å². The Morgan fingerprint density at radius 1 is 1.64 bits per heavy atom. The van der Waals surface area contributed by atoms with E-state index < -0.39 is 6.10 Å². The number of hydrogen-bond donors (Lipinski definition) is 1. The van der Waals surface area contributed by atoms with Gasteiger partial charge in [0.2, 0.25) is 0 Å². The zero-order valence-corrected chi connectivity index (χ0v) is 8.14. The summed E-state index contributed by atoms with van der Waals surface area (Å²) in [5.41, 5.74) is 0. The Morgan fingerprint density at radius 3 is 3.07 bits per heavy atom. The van der Waals surface area contributed by atoms with Gasteiger partial charge in [0, 0.05) is 19.6 Å². The van der Waals surface area contributed by atoms with Gasteiger partial charge in [0.1, 0.15) is 6.10 Å². The summed E-state index contributed by atoms with van der Waals surface area (Å²) in [7, 11) is 0. The molecule has 5 heteroatoms. The van der Waals surface area contributed by atoms with Gasteiger partial charge in [-0.3, -0.25) is 0 Å². The number of rotatable bonds is 3. The molecule has 14 heavy (non-hydrogen) atoms. The van der Waals surface area contributed by atoms with E-state index in [2.05, 4.69) is 10.1 Å². The van der Waals surface area contributed by atoms with E-state index in [0.29, 0.717) is 17.6 Å². The Morgan fingerprint density at radius 2 is 2.50 bits per heavy atom. The van der Waals surface area contributed by atoms with E-state index in [9.17, 15) is 5.11 Å². The van der Waals surface area contributed by atoms with Crippen LogP contribution in [0.1, 0.15) is 31.2 Å². The largest absolute Gasteiger partial charge is 0.384 e. The first-order valence-electron chi connectivity index (χ1n) is 4.84. The van der Waals surface area contributed by atoms with Crippen LogP contribution in [0.15, 0.2) is 4.52 Å². The van der Waals surface area contributed by atoms with Crippen LogP contribution in [0.3, 0.4) is 0 Å². The van der Waals surface area contributed by atoms with Crippen molar-refractivity contribution in [3.8, 4) is 0 Å². The van der Waals surface area contributed by atoms with Crippen LogP contribution in [0.2, 0.25) is 0 Å². The summed E-state index contributed by atoms with van der Waals surface area (Å²) in [5.74, 6) is 1.45. The van der Waals surface area contributed by atoms with E-state index >= 15 is 0 Å². The summed E-state index contributed by atoms with van der Waals surface area (Å²) in [6.45, 7) is 3.21. The first kappa shape index (κ1) is 9.61. The molecule has 1 fully saturated rings. The number of aliphatic hydroxyl groups excluding tert-OH is 1. The van der Waals surface area contributed by atoms with Gasteiger partial charge in [0.05, 0.1) is 0 Å². The lowest BCUT2D eigenvalue weighted by molar-refractivity contribution is 0.151. The van der Waals surface area contributed by atoms with Crippen molar-refractivity contribution in [3.63, 3.8) is 0 Å². The minimum Gasteiger partial charge on any atom is -0.384 e. The van der Waals surface area contributed by atoms with Crippen LogP contribution < -0.4 is 0 Å². The highest BCUT2D eigenvalue weighted by Gasteiger charge is 2.19. The molecule has 1 aromatic rings. The van der Waals surface area contributed by atoms with Crippen molar-refractivity contribution in [2.24, 2.45) is 5.92 Å². The third-order valence-electron chi connectivity index (χ3n) is 2.34. The Kier molecular flexibility index (Phi) is 2.79. The maximum absolute atomic E-state index is 9.18. The average Bonchev–Trinajstić information content (AvgIpc) is 2.75. The van der Waals surface area contributed by atoms with E-state index in [1.54, 1.807) is 6.92 Å². The maximum atomic E-state index is 9.18. The molecule has 1 unspecified atom stereocenters. The molecule has 0 spiro atoms. The summed E-state index contributed by atoms with van der Waals surface area (Å²) >= 11 is 0. The lowest BCUT2D eigenvalue weighted by Gasteiger charge is -2.01. The summed E-state index contributed by atoms with van der Waals surface area (Å²) in [6.07, 6.45) is 1.14. The fourth-order valence-electron chi connectivity index (χ4n) is 1.52. The summed E-state index contributed by atoms with van der Waals surface area (Å²) in [4.78, 5) is 4.09. The Hall–Kier alpha value is -0.940. The van der Waals surface area contributed by atoms with Gasteiger partial charge in [-0.25, -0.2) is 0 Å². The molecule has 0 aliphatic carbocycles. The van der Waals surface area contributed by atoms with Gasteiger partial charge in [-0.1, -0.05) is 5.16 Å². The lowest BCUT2D eigenvalue weighted by atomic mass is 10.1. The molecule has 2 rings (SSSR count). The molecule has 5 nitrogen and oxygen atoms in total. The number of ether oxygens (including phenoxy) is 1. The van der Waals surface area contributed by atoms with Gasteiger partial charge in [0.25, 0.3) is 5.89 Å². The Labute approximate surface area is 82.1 Å². The standard InChI is InChI=1S/C9H14N2O3/c1-6(12)9-10-8(11-14-9)4-7-2-3-13-5-7/h6-7,12H,2-5H2,1H3/t6-,7?/m0/s1. The van der Waals surface area contributed by atoms with Gasteiger partial charge >= 0.3 is 0 Å². The molecule has 0 aromatic carbocycles. The van der Waals surface area contributed by atoms with Crippen molar-refractivity contribution in [3.05, 3.63) is 11.7 Å². The lowest BCUT2D eigenvalue weighted by Crippen LogP contribution is -2.05. The van der Waals surface area contributed by atoms with E-state index in [0.717, 1.165) is 26.1 Å². The molecule has 2 heterocycles. The summed E-state index contributed by atoms with van der Waals surface area (Å²) in [6, 6.07) is 0. The topological polar surface area (TPSA) is 68.4 Å².